The molecule has 2 aromatic rings. The van der Waals surface area contributed by atoms with Gasteiger partial charge >= 0.3 is 0 Å². The number of likely N-dealkylation sites (N-methyl/N-ethyl adjacent to an activating group) is 1. The average Bonchev–Trinajstić information content (AvgIpc) is 3.32. The van der Waals surface area contributed by atoms with E-state index >= 15 is 0 Å². The van der Waals surface area contributed by atoms with Crippen LogP contribution in [0.15, 0.2) is 48.5 Å². The molecule has 3 N–H and O–H groups in total. The van der Waals surface area contributed by atoms with E-state index in [0.29, 0.717) is 41.2 Å². The van der Waals surface area contributed by atoms with Gasteiger partial charge < -0.3 is 20.6 Å². The molecule has 47 heavy (non-hydrogen) atoms. The van der Waals surface area contributed by atoms with E-state index in [0.717, 1.165) is 36.1 Å². The molecular weight excluding hydrogens is 588 g/mol. The Morgan fingerprint density at radius 3 is 2.34 bits per heavy atom. The fourth-order valence-electron chi connectivity index (χ4n) is 8.83. The van der Waals surface area contributed by atoms with Crippen molar-refractivity contribution in [1.82, 2.24) is 20.6 Å². The Labute approximate surface area is 282 Å². The number of amides is 2. The molecule has 4 aliphatic rings. The second-order valence-corrected chi connectivity index (χ2v) is 16.1. The lowest BCUT2D eigenvalue weighted by atomic mass is 9.45. The summed E-state index contributed by atoms with van der Waals surface area (Å²) in [5, 5.41) is 19.2. The summed E-state index contributed by atoms with van der Waals surface area (Å²) < 4.78 is 0. The van der Waals surface area contributed by atoms with Gasteiger partial charge in [0.2, 0.25) is 5.91 Å². The van der Waals surface area contributed by atoms with Gasteiger partial charge in [0.25, 0.3) is 5.91 Å². The number of rotatable bonds is 12. The molecule has 2 bridgehead atoms. The van der Waals surface area contributed by atoms with Crippen LogP contribution >= 0.6 is 0 Å². The smallest absolute Gasteiger partial charge is 0.251 e. The first kappa shape index (κ1) is 35.5. The molecule has 3 saturated carbocycles. The highest BCUT2D eigenvalue weighted by Crippen LogP contribution is 2.61. The van der Waals surface area contributed by atoms with E-state index in [1.165, 1.54) is 6.42 Å². The molecule has 6 rings (SSSR count). The Morgan fingerprint density at radius 1 is 1.04 bits per heavy atom. The third-order valence-electron chi connectivity index (χ3n) is 11.4. The largest absolute Gasteiger partial charge is 0.393 e. The first-order valence-corrected chi connectivity index (χ1v) is 17.7. The minimum atomic E-state index is -0.694. The van der Waals surface area contributed by atoms with Crippen molar-refractivity contribution >= 4 is 11.8 Å². The maximum Gasteiger partial charge on any atom is 0.251 e. The Morgan fingerprint density at radius 2 is 1.72 bits per heavy atom. The van der Waals surface area contributed by atoms with E-state index < -0.39 is 12.1 Å². The molecule has 2 amide bonds. The third kappa shape index (κ3) is 7.77. The number of hydroxylamine groups is 2. The normalized spacial score (nSPS) is 29.7. The molecule has 258 valence electrons. The number of hydrogen-bond acceptors (Lipinski definition) is 6. The lowest BCUT2D eigenvalue weighted by molar-refractivity contribution is -0.174. The molecule has 8 heteroatoms. The highest BCUT2D eigenvalue weighted by molar-refractivity contribution is 5.95. The zero-order chi connectivity index (χ0) is 34.2. The predicted molar refractivity (Wildman–Crippen MR) is 187 cm³/mol. The molecule has 1 heterocycles. The number of aliphatic hydroxyl groups excluding tert-OH is 1. The summed E-state index contributed by atoms with van der Waals surface area (Å²) in [5.74, 6) is 1.69. The van der Waals surface area contributed by atoms with Crippen molar-refractivity contribution in [2.24, 2.45) is 35.0 Å². The first-order valence-electron chi connectivity index (χ1n) is 17.7. The zero-order valence-corrected chi connectivity index (χ0v) is 30.0. The molecule has 1 saturated heterocycles. The van der Waals surface area contributed by atoms with E-state index in [9.17, 15) is 14.7 Å². The van der Waals surface area contributed by atoms with Gasteiger partial charge in [-0.15, -0.1) is 0 Å². The molecular formula is C39H58N4O4. The van der Waals surface area contributed by atoms with Gasteiger partial charge in [0, 0.05) is 30.1 Å². The van der Waals surface area contributed by atoms with Crippen LogP contribution in [0.3, 0.4) is 0 Å². The van der Waals surface area contributed by atoms with Crippen molar-refractivity contribution in [3.05, 3.63) is 59.7 Å². The van der Waals surface area contributed by atoms with Crippen LogP contribution in [0.4, 0.5) is 0 Å². The van der Waals surface area contributed by atoms with Crippen LogP contribution in [-0.2, 0) is 16.2 Å². The second-order valence-electron chi connectivity index (χ2n) is 16.1. The topological polar surface area (TPSA) is 94.1 Å². The van der Waals surface area contributed by atoms with Crippen LogP contribution in [0.2, 0.25) is 0 Å². The minimum Gasteiger partial charge on any atom is -0.393 e. The summed E-state index contributed by atoms with van der Waals surface area (Å²) in [4.78, 5) is 35.7. The van der Waals surface area contributed by atoms with Gasteiger partial charge in [0.05, 0.1) is 18.8 Å². The molecule has 4 fully saturated rings. The van der Waals surface area contributed by atoms with Crippen LogP contribution in [0.25, 0.3) is 11.1 Å². The van der Waals surface area contributed by atoms with E-state index in [2.05, 4.69) is 56.2 Å². The molecule has 2 aromatic carbocycles. The summed E-state index contributed by atoms with van der Waals surface area (Å²) >= 11 is 0. The van der Waals surface area contributed by atoms with Crippen molar-refractivity contribution in [2.75, 3.05) is 20.6 Å². The van der Waals surface area contributed by atoms with Gasteiger partial charge in [-0.05, 0) is 111 Å². The third-order valence-corrected chi connectivity index (χ3v) is 11.4. The van der Waals surface area contributed by atoms with Gasteiger partial charge in [-0.1, -0.05) is 65.0 Å². The van der Waals surface area contributed by atoms with Crippen LogP contribution in [0, 0.1) is 35.0 Å². The number of carbonyl (C=O) groups excluding carboxylic acids is 2. The van der Waals surface area contributed by atoms with Crippen molar-refractivity contribution < 1.29 is 19.5 Å². The highest BCUT2D eigenvalue weighted by Gasteiger charge is 2.57. The van der Waals surface area contributed by atoms with Gasteiger partial charge in [0.1, 0.15) is 6.04 Å². The zero-order valence-electron chi connectivity index (χ0n) is 30.0. The molecule has 0 unspecified atom stereocenters. The van der Waals surface area contributed by atoms with Crippen LogP contribution in [-0.4, -0.2) is 77.9 Å². The summed E-state index contributed by atoms with van der Waals surface area (Å²) in [6, 6.07) is 15.6. The molecule has 1 aliphatic heterocycles. The standard InChI is InChI=1S/C39H58N4O4/c1-23(2)16-32(22-42(8)9)40-37(45)30-15-11-14-29(18-30)28-13-10-12-27(17-28)21-43-36(35(25(4)44)26(5)47-43)38(46)41-34-20-31-19-33(24(34)3)39(31,6)7/h10-15,17-18,23-26,31-36,44H,16,19-22H2,1-9H3,(H,40,45)(H,41,46)/t24-,25-,26-,31+,32+,33-,34-,35+,36-/m0/s1. The Bertz CT molecular complexity index is 1400. The van der Waals surface area contributed by atoms with E-state index in [-0.39, 0.29) is 35.9 Å². The quantitative estimate of drug-likeness (QED) is 0.272. The fraction of sp³-hybridized carbons (Fsp3) is 0.641. The number of aliphatic hydroxyl groups is 1. The lowest BCUT2D eigenvalue weighted by Crippen LogP contribution is -2.62. The van der Waals surface area contributed by atoms with Gasteiger partial charge in [0.15, 0.2) is 0 Å². The lowest BCUT2D eigenvalue weighted by Gasteiger charge is -2.62. The molecule has 9 atom stereocenters. The van der Waals surface area contributed by atoms with Gasteiger partial charge in [-0.3, -0.25) is 14.4 Å². The number of nitrogens with zero attached hydrogens (tertiary/aromatic N) is 2. The molecule has 0 aromatic heterocycles. The van der Waals surface area contributed by atoms with Crippen molar-refractivity contribution in [1.29, 1.82) is 0 Å². The minimum absolute atomic E-state index is 0.0592. The number of nitrogens with one attached hydrogen (secondary N) is 2. The second kappa shape index (κ2) is 14.4. The number of fused-ring (bicyclic) bond motifs is 2. The fourth-order valence-corrected chi connectivity index (χ4v) is 8.83. The molecule has 0 spiro atoms. The maximum absolute atomic E-state index is 14.0. The van der Waals surface area contributed by atoms with Gasteiger partial charge in [-0.2, -0.15) is 5.06 Å². The van der Waals surface area contributed by atoms with Crippen molar-refractivity contribution in [3.8, 4) is 11.1 Å². The van der Waals surface area contributed by atoms with E-state index in [1.54, 1.807) is 12.0 Å². The average molecular weight is 647 g/mol. The highest BCUT2D eigenvalue weighted by atomic mass is 16.7. The Balaban J connectivity index is 1.31. The van der Waals surface area contributed by atoms with Gasteiger partial charge in [-0.25, -0.2) is 0 Å². The maximum atomic E-state index is 14.0. The number of carbonyl (C=O) groups is 2. The van der Waals surface area contributed by atoms with Crippen LogP contribution < -0.4 is 10.6 Å². The molecule has 0 radical (unpaired) electrons. The Hall–Kier alpha value is -2.78. The summed E-state index contributed by atoms with van der Waals surface area (Å²) in [5.41, 5.74) is 3.91. The van der Waals surface area contributed by atoms with Crippen molar-refractivity contribution in [3.63, 3.8) is 0 Å². The first-order chi connectivity index (χ1) is 22.1. The van der Waals surface area contributed by atoms with E-state index in [4.69, 9.17) is 4.84 Å². The molecule has 3 aliphatic carbocycles. The predicted octanol–water partition coefficient (Wildman–Crippen LogP) is 5.75. The number of benzene rings is 2. The summed E-state index contributed by atoms with van der Waals surface area (Å²) in [6.45, 7) is 16.3. The van der Waals surface area contributed by atoms with Crippen molar-refractivity contribution in [2.45, 2.75) is 105 Å². The Kier molecular flexibility index (Phi) is 10.9. The van der Waals surface area contributed by atoms with Crippen LogP contribution in [0.1, 0.15) is 83.7 Å². The summed E-state index contributed by atoms with van der Waals surface area (Å²) in [6.07, 6.45) is 2.18. The number of hydrogen-bond donors (Lipinski definition) is 3. The molecule has 8 nitrogen and oxygen atoms in total. The SMILES string of the molecule is CC(C)C[C@H](CN(C)C)NC(=O)c1cccc(-c2cccc(CN3O[C@@H](C)[C@@H]([C@H](C)O)[C@H]3C(=O)N[C@H]3C[C@H]4C[C@@H]([C@@H]3C)C4(C)C)c2)c1. The summed E-state index contributed by atoms with van der Waals surface area (Å²) in [7, 11) is 4.06. The van der Waals surface area contributed by atoms with Crippen LogP contribution in [0.5, 0.6) is 0 Å². The van der Waals surface area contributed by atoms with E-state index in [1.807, 2.05) is 63.5 Å². The monoisotopic (exact) mass is 646 g/mol.